The van der Waals surface area contributed by atoms with Crippen molar-refractivity contribution in [2.45, 2.75) is 33.1 Å². The molecule has 0 aliphatic heterocycles. The maximum atomic E-state index is 2.31. The molecule has 1 aliphatic rings. The van der Waals surface area contributed by atoms with E-state index in [9.17, 15) is 0 Å². The summed E-state index contributed by atoms with van der Waals surface area (Å²) in [6.07, 6.45) is 10.5. The Bertz CT molecular complexity index is 151. The van der Waals surface area contributed by atoms with Gasteiger partial charge in [0.15, 0.2) is 0 Å². The Labute approximate surface area is 63.6 Å². The number of hydrogen-bond donors (Lipinski definition) is 0. The average Bonchev–Trinajstić information content (AvgIpc) is 1.94. The van der Waals surface area contributed by atoms with Crippen molar-refractivity contribution in [2.75, 3.05) is 0 Å². The van der Waals surface area contributed by atoms with Crippen LogP contribution in [0, 0.1) is 5.92 Å². The summed E-state index contributed by atoms with van der Waals surface area (Å²) >= 11 is 0. The van der Waals surface area contributed by atoms with Crippen LogP contribution in [-0.2, 0) is 0 Å². The zero-order chi connectivity index (χ0) is 7.40. The summed E-state index contributed by atoms with van der Waals surface area (Å²) in [5.74, 6) is 0.796. The van der Waals surface area contributed by atoms with Gasteiger partial charge >= 0.3 is 0 Å². The molecule has 0 aromatic heterocycles. The molecule has 1 unspecified atom stereocenters. The Morgan fingerprint density at radius 2 is 2.40 bits per heavy atom. The predicted molar refractivity (Wildman–Crippen MR) is 45.9 cm³/mol. The SMILES string of the molecule is CCCC1=CC=CCC1C. The highest BCUT2D eigenvalue weighted by Gasteiger charge is 2.07. The van der Waals surface area contributed by atoms with Gasteiger partial charge in [0.2, 0.25) is 0 Å². The highest BCUT2D eigenvalue weighted by molar-refractivity contribution is 5.19. The van der Waals surface area contributed by atoms with E-state index in [4.69, 9.17) is 0 Å². The summed E-state index contributed by atoms with van der Waals surface area (Å²) in [5, 5.41) is 0. The number of rotatable bonds is 2. The van der Waals surface area contributed by atoms with Gasteiger partial charge in [-0.15, -0.1) is 0 Å². The zero-order valence-electron chi connectivity index (χ0n) is 6.93. The van der Waals surface area contributed by atoms with Crippen molar-refractivity contribution >= 4 is 0 Å². The van der Waals surface area contributed by atoms with Crippen LogP contribution in [0.5, 0.6) is 0 Å². The lowest BCUT2D eigenvalue weighted by molar-refractivity contribution is 0.641. The van der Waals surface area contributed by atoms with Gasteiger partial charge in [-0.05, 0) is 18.8 Å². The van der Waals surface area contributed by atoms with Gasteiger partial charge in [0.05, 0.1) is 0 Å². The van der Waals surface area contributed by atoms with Crippen LogP contribution >= 0.6 is 0 Å². The summed E-state index contributed by atoms with van der Waals surface area (Å²) < 4.78 is 0. The Morgan fingerprint density at radius 3 is 3.00 bits per heavy atom. The third kappa shape index (κ3) is 1.73. The van der Waals surface area contributed by atoms with E-state index in [0.29, 0.717) is 0 Å². The van der Waals surface area contributed by atoms with Crippen LogP contribution in [0.15, 0.2) is 23.8 Å². The summed E-state index contributed by atoms with van der Waals surface area (Å²) in [7, 11) is 0. The minimum absolute atomic E-state index is 0.796. The van der Waals surface area contributed by atoms with Crippen molar-refractivity contribution in [2.24, 2.45) is 5.92 Å². The van der Waals surface area contributed by atoms with Gasteiger partial charge in [0.25, 0.3) is 0 Å². The van der Waals surface area contributed by atoms with Crippen molar-refractivity contribution < 1.29 is 0 Å². The number of hydrogen-bond acceptors (Lipinski definition) is 0. The van der Waals surface area contributed by atoms with Crippen molar-refractivity contribution in [1.29, 1.82) is 0 Å². The first-order chi connectivity index (χ1) is 4.84. The topological polar surface area (TPSA) is 0 Å². The molecular formula is C10H16. The minimum Gasteiger partial charge on any atom is -0.0840 e. The average molecular weight is 136 g/mol. The molecule has 0 amide bonds. The van der Waals surface area contributed by atoms with Crippen molar-refractivity contribution in [3.05, 3.63) is 23.8 Å². The summed E-state index contributed by atoms with van der Waals surface area (Å²) in [6.45, 7) is 4.55. The molecule has 0 spiro atoms. The first kappa shape index (κ1) is 7.59. The van der Waals surface area contributed by atoms with Gasteiger partial charge in [-0.2, -0.15) is 0 Å². The lowest BCUT2D eigenvalue weighted by atomic mass is 9.90. The lowest BCUT2D eigenvalue weighted by Crippen LogP contribution is -2.00. The monoisotopic (exact) mass is 136 g/mol. The standard InChI is InChI=1S/C10H16/c1-3-6-10-8-5-4-7-9(10)2/h4-5,8-9H,3,6-7H2,1-2H3. The highest BCUT2D eigenvalue weighted by Crippen LogP contribution is 2.23. The van der Waals surface area contributed by atoms with E-state index in [-0.39, 0.29) is 0 Å². The van der Waals surface area contributed by atoms with Crippen molar-refractivity contribution in [3.63, 3.8) is 0 Å². The van der Waals surface area contributed by atoms with Crippen LogP contribution < -0.4 is 0 Å². The van der Waals surface area contributed by atoms with Gasteiger partial charge in [-0.3, -0.25) is 0 Å². The molecule has 0 N–H and O–H groups in total. The molecule has 56 valence electrons. The van der Waals surface area contributed by atoms with E-state index in [0.717, 1.165) is 5.92 Å². The van der Waals surface area contributed by atoms with E-state index in [1.807, 2.05) is 0 Å². The van der Waals surface area contributed by atoms with Crippen LogP contribution in [0.2, 0.25) is 0 Å². The largest absolute Gasteiger partial charge is 0.0840 e. The molecule has 0 saturated heterocycles. The van der Waals surface area contributed by atoms with E-state index in [1.165, 1.54) is 19.3 Å². The molecule has 0 nitrogen and oxygen atoms in total. The summed E-state index contributed by atoms with van der Waals surface area (Å²) in [6, 6.07) is 0. The Kier molecular flexibility index (Phi) is 2.73. The molecule has 0 bridgehead atoms. The fourth-order valence-electron chi connectivity index (χ4n) is 1.41. The molecule has 0 aromatic carbocycles. The first-order valence-electron chi connectivity index (χ1n) is 4.20. The molecule has 0 fully saturated rings. The van der Waals surface area contributed by atoms with Gasteiger partial charge in [0, 0.05) is 0 Å². The van der Waals surface area contributed by atoms with Crippen LogP contribution in [0.4, 0.5) is 0 Å². The van der Waals surface area contributed by atoms with E-state index in [2.05, 4.69) is 32.1 Å². The van der Waals surface area contributed by atoms with E-state index < -0.39 is 0 Å². The van der Waals surface area contributed by atoms with Gasteiger partial charge in [0.1, 0.15) is 0 Å². The van der Waals surface area contributed by atoms with E-state index in [1.54, 1.807) is 5.57 Å². The molecule has 0 aromatic rings. The van der Waals surface area contributed by atoms with Gasteiger partial charge < -0.3 is 0 Å². The lowest BCUT2D eigenvalue weighted by Gasteiger charge is -2.15. The zero-order valence-corrected chi connectivity index (χ0v) is 6.93. The third-order valence-corrected chi connectivity index (χ3v) is 2.11. The first-order valence-corrected chi connectivity index (χ1v) is 4.20. The summed E-state index contributed by atoms with van der Waals surface area (Å²) in [5.41, 5.74) is 1.63. The fourth-order valence-corrected chi connectivity index (χ4v) is 1.41. The van der Waals surface area contributed by atoms with Crippen LogP contribution in [0.3, 0.4) is 0 Å². The Morgan fingerprint density at radius 1 is 1.60 bits per heavy atom. The quantitative estimate of drug-likeness (QED) is 0.546. The second-order valence-corrected chi connectivity index (χ2v) is 3.06. The fraction of sp³-hybridized carbons (Fsp3) is 0.600. The minimum atomic E-state index is 0.796. The van der Waals surface area contributed by atoms with E-state index >= 15 is 0 Å². The van der Waals surface area contributed by atoms with Gasteiger partial charge in [-0.1, -0.05) is 44.1 Å². The Balaban J connectivity index is 2.52. The molecule has 0 saturated carbocycles. The second-order valence-electron chi connectivity index (χ2n) is 3.06. The van der Waals surface area contributed by atoms with Gasteiger partial charge in [-0.25, -0.2) is 0 Å². The molecule has 0 heteroatoms. The van der Waals surface area contributed by atoms with Crippen LogP contribution in [0.1, 0.15) is 33.1 Å². The smallest absolute Gasteiger partial charge is 0.0194 e. The summed E-state index contributed by atoms with van der Waals surface area (Å²) in [4.78, 5) is 0. The normalized spacial score (nSPS) is 24.6. The van der Waals surface area contributed by atoms with Crippen LogP contribution in [0.25, 0.3) is 0 Å². The molecular weight excluding hydrogens is 120 g/mol. The molecule has 1 atom stereocenters. The highest BCUT2D eigenvalue weighted by atomic mass is 14.1. The van der Waals surface area contributed by atoms with Crippen LogP contribution in [-0.4, -0.2) is 0 Å². The molecule has 0 radical (unpaired) electrons. The Hall–Kier alpha value is -0.520. The molecule has 1 aliphatic carbocycles. The third-order valence-electron chi connectivity index (χ3n) is 2.11. The maximum absolute atomic E-state index is 2.31. The predicted octanol–water partition coefficient (Wildman–Crippen LogP) is 3.31. The molecule has 1 rings (SSSR count). The second kappa shape index (κ2) is 3.60. The molecule has 10 heavy (non-hydrogen) atoms. The molecule has 0 heterocycles. The van der Waals surface area contributed by atoms with Crippen molar-refractivity contribution in [3.8, 4) is 0 Å². The number of allylic oxidation sites excluding steroid dienone is 4. The van der Waals surface area contributed by atoms with Crippen molar-refractivity contribution in [1.82, 2.24) is 0 Å². The maximum Gasteiger partial charge on any atom is -0.0194 e.